The Labute approximate surface area is 163 Å². The summed E-state index contributed by atoms with van der Waals surface area (Å²) in [6, 6.07) is 16.0. The lowest BCUT2D eigenvalue weighted by atomic mass is 10.2. The third-order valence-electron chi connectivity index (χ3n) is 3.97. The van der Waals surface area contributed by atoms with E-state index >= 15 is 0 Å². The lowest BCUT2D eigenvalue weighted by Gasteiger charge is -2.16. The molecule has 0 aromatic heterocycles. The quantitative estimate of drug-likeness (QED) is 0.366. The topological polar surface area (TPSA) is 63.7 Å². The van der Waals surface area contributed by atoms with Gasteiger partial charge in [0.2, 0.25) is 12.3 Å². The zero-order chi connectivity index (χ0) is 19.6. The molecule has 2 aromatic rings. The molecule has 0 aliphatic heterocycles. The number of carbonyl (C=O) groups is 3. The number of thioether (sulfide) groups is 1. The van der Waals surface area contributed by atoms with Crippen molar-refractivity contribution in [2.24, 2.45) is 0 Å². The molecule has 2 aromatic carbocycles. The largest absolute Gasteiger partial charge is 0.459 e. The summed E-state index contributed by atoms with van der Waals surface area (Å²) in [7, 11) is 0. The summed E-state index contributed by atoms with van der Waals surface area (Å²) < 4.78 is 5.39. The van der Waals surface area contributed by atoms with Gasteiger partial charge in [0.1, 0.15) is 0 Å². The molecule has 0 aliphatic rings. The SMILES string of the molecule is CCC(C)OC(=O)c1ccccc1SCCC(=O)N(C=O)c1ccccc1. The van der Waals surface area contributed by atoms with Crippen molar-refractivity contribution in [2.75, 3.05) is 10.7 Å². The van der Waals surface area contributed by atoms with Gasteiger partial charge in [-0.1, -0.05) is 37.3 Å². The highest BCUT2D eigenvalue weighted by molar-refractivity contribution is 7.99. The van der Waals surface area contributed by atoms with Gasteiger partial charge in [-0.2, -0.15) is 0 Å². The second-order valence-electron chi connectivity index (χ2n) is 5.92. The Morgan fingerprint density at radius 3 is 2.44 bits per heavy atom. The molecular weight excluding hydrogens is 362 g/mol. The van der Waals surface area contributed by atoms with E-state index in [9.17, 15) is 14.4 Å². The second kappa shape index (κ2) is 10.5. The Morgan fingerprint density at radius 1 is 1.11 bits per heavy atom. The number of hydrogen-bond acceptors (Lipinski definition) is 5. The maximum atomic E-state index is 12.4. The first-order valence-corrected chi connectivity index (χ1v) is 9.80. The fourth-order valence-electron chi connectivity index (χ4n) is 2.31. The molecule has 0 aliphatic carbocycles. The Balaban J connectivity index is 1.98. The molecule has 6 heteroatoms. The van der Waals surface area contributed by atoms with Crippen LogP contribution >= 0.6 is 11.8 Å². The van der Waals surface area contributed by atoms with Crippen molar-refractivity contribution in [3.8, 4) is 0 Å². The minimum absolute atomic E-state index is 0.149. The van der Waals surface area contributed by atoms with Gasteiger partial charge in [0.15, 0.2) is 0 Å². The maximum Gasteiger partial charge on any atom is 0.339 e. The molecule has 27 heavy (non-hydrogen) atoms. The van der Waals surface area contributed by atoms with E-state index < -0.39 is 0 Å². The van der Waals surface area contributed by atoms with Gasteiger partial charge in [0.25, 0.3) is 0 Å². The van der Waals surface area contributed by atoms with Crippen molar-refractivity contribution in [3.05, 3.63) is 60.2 Å². The zero-order valence-electron chi connectivity index (χ0n) is 15.5. The lowest BCUT2D eigenvalue weighted by molar-refractivity contribution is -0.121. The number of carbonyl (C=O) groups excluding carboxylic acids is 3. The van der Waals surface area contributed by atoms with E-state index in [1.807, 2.05) is 32.0 Å². The number of para-hydroxylation sites is 1. The molecule has 0 bridgehead atoms. The number of esters is 1. The summed E-state index contributed by atoms with van der Waals surface area (Å²) in [4.78, 5) is 37.8. The number of imide groups is 1. The molecule has 0 N–H and O–H groups in total. The van der Waals surface area contributed by atoms with Crippen LogP contribution < -0.4 is 4.90 Å². The molecule has 1 unspecified atom stereocenters. The van der Waals surface area contributed by atoms with Crippen molar-refractivity contribution in [2.45, 2.75) is 37.7 Å². The van der Waals surface area contributed by atoms with Crippen LogP contribution in [0.5, 0.6) is 0 Å². The van der Waals surface area contributed by atoms with Gasteiger partial charge in [-0.15, -0.1) is 11.8 Å². The van der Waals surface area contributed by atoms with Crippen LogP contribution in [0.2, 0.25) is 0 Å². The molecule has 0 heterocycles. The van der Waals surface area contributed by atoms with Crippen LogP contribution in [-0.2, 0) is 14.3 Å². The van der Waals surface area contributed by atoms with Gasteiger partial charge >= 0.3 is 5.97 Å². The van der Waals surface area contributed by atoms with Gasteiger partial charge in [-0.05, 0) is 37.6 Å². The molecular formula is C21H23NO4S. The number of ether oxygens (including phenoxy) is 1. The van der Waals surface area contributed by atoms with Crippen LogP contribution in [-0.4, -0.2) is 30.1 Å². The van der Waals surface area contributed by atoms with Crippen LogP contribution in [0, 0.1) is 0 Å². The number of hydrogen-bond donors (Lipinski definition) is 0. The maximum absolute atomic E-state index is 12.4. The highest BCUT2D eigenvalue weighted by Gasteiger charge is 2.17. The predicted octanol–water partition coefficient (Wildman–Crippen LogP) is 4.31. The van der Waals surface area contributed by atoms with Crippen LogP contribution in [0.4, 0.5) is 5.69 Å². The van der Waals surface area contributed by atoms with Gasteiger partial charge in [-0.25, -0.2) is 4.79 Å². The molecule has 0 saturated heterocycles. The first-order chi connectivity index (χ1) is 13.1. The molecule has 5 nitrogen and oxygen atoms in total. The van der Waals surface area contributed by atoms with Crippen LogP contribution in [0.3, 0.4) is 0 Å². The Kier molecular flexibility index (Phi) is 8.07. The summed E-state index contributed by atoms with van der Waals surface area (Å²) in [5.41, 5.74) is 1.03. The monoisotopic (exact) mass is 385 g/mol. The molecule has 1 atom stereocenters. The van der Waals surface area contributed by atoms with Crippen molar-refractivity contribution in [1.29, 1.82) is 0 Å². The van der Waals surface area contributed by atoms with E-state index in [4.69, 9.17) is 4.74 Å². The van der Waals surface area contributed by atoms with E-state index in [0.29, 0.717) is 23.4 Å². The molecule has 2 amide bonds. The van der Waals surface area contributed by atoms with E-state index in [2.05, 4.69) is 0 Å². The molecule has 0 saturated carbocycles. The lowest BCUT2D eigenvalue weighted by Crippen LogP contribution is -2.29. The average Bonchev–Trinajstić information content (AvgIpc) is 2.69. The minimum Gasteiger partial charge on any atom is -0.459 e. The number of nitrogens with zero attached hydrogens (tertiary/aromatic N) is 1. The number of rotatable bonds is 9. The molecule has 0 spiro atoms. The first kappa shape index (κ1) is 20.7. The third kappa shape index (κ3) is 5.96. The summed E-state index contributed by atoms with van der Waals surface area (Å²) in [5, 5.41) is 0. The zero-order valence-corrected chi connectivity index (χ0v) is 16.3. The number of benzene rings is 2. The van der Waals surface area contributed by atoms with Gasteiger partial charge in [-0.3, -0.25) is 14.5 Å². The molecule has 0 fully saturated rings. The standard InChI is InChI=1S/C21H23NO4S/c1-3-16(2)26-21(25)18-11-7-8-12-19(18)27-14-13-20(24)22(15-23)17-9-5-4-6-10-17/h4-12,15-16H,3,13-14H2,1-2H3. The van der Waals surface area contributed by atoms with E-state index in [1.54, 1.807) is 36.4 Å². The summed E-state index contributed by atoms with van der Waals surface area (Å²) in [6.07, 6.45) is 1.30. The van der Waals surface area contributed by atoms with Crippen molar-refractivity contribution < 1.29 is 19.1 Å². The Morgan fingerprint density at radius 2 is 1.78 bits per heavy atom. The van der Waals surface area contributed by atoms with E-state index in [0.717, 1.165) is 16.2 Å². The summed E-state index contributed by atoms with van der Waals surface area (Å²) in [6.45, 7) is 3.81. The molecule has 2 rings (SSSR count). The van der Waals surface area contributed by atoms with Crippen LogP contribution in [0.25, 0.3) is 0 Å². The van der Waals surface area contributed by atoms with Crippen molar-refractivity contribution in [1.82, 2.24) is 0 Å². The fraction of sp³-hybridized carbons (Fsp3) is 0.286. The van der Waals surface area contributed by atoms with Crippen LogP contribution in [0.1, 0.15) is 37.0 Å². The van der Waals surface area contributed by atoms with Crippen LogP contribution in [0.15, 0.2) is 59.5 Å². The normalized spacial score (nSPS) is 11.5. The van der Waals surface area contributed by atoms with Crippen molar-refractivity contribution >= 4 is 35.7 Å². The summed E-state index contributed by atoms with van der Waals surface area (Å²) >= 11 is 1.40. The van der Waals surface area contributed by atoms with Gasteiger partial charge in [0.05, 0.1) is 17.4 Å². The van der Waals surface area contributed by atoms with E-state index in [1.165, 1.54) is 11.8 Å². The van der Waals surface area contributed by atoms with E-state index in [-0.39, 0.29) is 24.4 Å². The number of anilines is 1. The van der Waals surface area contributed by atoms with Crippen molar-refractivity contribution in [3.63, 3.8) is 0 Å². The highest BCUT2D eigenvalue weighted by Crippen LogP contribution is 2.25. The highest BCUT2D eigenvalue weighted by atomic mass is 32.2. The Hall–Kier alpha value is -2.60. The predicted molar refractivity (Wildman–Crippen MR) is 107 cm³/mol. The second-order valence-corrected chi connectivity index (χ2v) is 7.06. The minimum atomic E-state index is -0.363. The Bertz CT molecular complexity index is 779. The molecule has 0 radical (unpaired) electrons. The summed E-state index contributed by atoms with van der Waals surface area (Å²) in [5.74, 6) is -0.204. The fourth-order valence-corrected chi connectivity index (χ4v) is 3.29. The van der Waals surface area contributed by atoms with Gasteiger partial charge in [0, 0.05) is 17.1 Å². The molecule has 142 valence electrons. The van der Waals surface area contributed by atoms with Gasteiger partial charge < -0.3 is 4.74 Å². The average molecular weight is 385 g/mol. The first-order valence-electron chi connectivity index (χ1n) is 8.82. The number of amides is 2. The third-order valence-corrected chi connectivity index (χ3v) is 5.05. The smallest absolute Gasteiger partial charge is 0.339 e.